The summed E-state index contributed by atoms with van der Waals surface area (Å²) < 4.78 is 57.6. The first-order valence-electron chi connectivity index (χ1n) is 11.6. The maximum Gasteiger partial charge on any atom is 0.417 e. The molecule has 1 aliphatic rings. The van der Waals surface area contributed by atoms with E-state index in [4.69, 9.17) is 21.4 Å². The van der Waals surface area contributed by atoms with Crippen LogP contribution in [0.3, 0.4) is 0 Å². The van der Waals surface area contributed by atoms with Crippen molar-refractivity contribution in [1.29, 1.82) is 0 Å². The number of rotatable bonds is 8. The van der Waals surface area contributed by atoms with Crippen LogP contribution in [0.5, 0.6) is 5.75 Å². The second-order valence-corrected chi connectivity index (χ2v) is 9.10. The summed E-state index contributed by atoms with van der Waals surface area (Å²) in [7, 11) is 0. The van der Waals surface area contributed by atoms with Gasteiger partial charge in [0.2, 0.25) is 0 Å². The average molecular weight is 540 g/mol. The molecule has 0 amide bonds. The van der Waals surface area contributed by atoms with Crippen molar-refractivity contribution in [3.63, 3.8) is 0 Å². The van der Waals surface area contributed by atoms with Crippen molar-refractivity contribution in [2.45, 2.75) is 18.3 Å². The normalized spacial score (nSPS) is 17.6. The molecule has 37 heavy (non-hydrogen) atoms. The van der Waals surface area contributed by atoms with Crippen LogP contribution in [-0.4, -0.2) is 59.5 Å². The molecule has 0 bridgehead atoms. The van der Waals surface area contributed by atoms with Gasteiger partial charge in [0.25, 0.3) is 0 Å². The highest BCUT2D eigenvalue weighted by molar-refractivity contribution is 6.33. The minimum Gasteiger partial charge on any atom is -0.491 e. The molecule has 2 N–H and O–H groups in total. The molecule has 198 valence electrons. The third kappa shape index (κ3) is 6.70. The number of nitrogens with zero attached hydrogens (tertiary/aromatic N) is 3. The summed E-state index contributed by atoms with van der Waals surface area (Å²) in [6, 6.07) is 13.2. The van der Waals surface area contributed by atoms with E-state index in [-0.39, 0.29) is 37.3 Å². The summed E-state index contributed by atoms with van der Waals surface area (Å²) >= 11 is 6.58. The molecule has 0 spiro atoms. The van der Waals surface area contributed by atoms with E-state index in [2.05, 4.69) is 9.88 Å². The van der Waals surface area contributed by atoms with Crippen LogP contribution in [0.1, 0.15) is 29.0 Å². The summed E-state index contributed by atoms with van der Waals surface area (Å²) in [5.74, 6) is 0.155. The molecule has 4 rings (SSSR count). The fourth-order valence-electron chi connectivity index (χ4n) is 4.35. The first-order valence-corrected chi connectivity index (χ1v) is 12.0. The largest absolute Gasteiger partial charge is 0.491 e. The monoisotopic (exact) mass is 539 g/mol. The van der Waals surface area contributed by atoms with Crippen LogP contribution in [0, 0.1) is 5.82 Å². The number of aliphatic hydroxyl groups excluding tert-OH is 2. The molecule has 1 saturated heterocycles. The summed E-state index contributed by atoms with van der Waals surface area (Å²) in [4.78, 5) is 7.88. The number of alkyl halides is 3. The Balaban J connectivity index is 1.53. The average Bonchev–Trinajstić information content (AvgIpc) is 2.88. The van der Waals surface area contributed by atoms with Crippen LogP contribution in [0.4, 0.5) is 23.2 Å². The van der Waals surface area contributed by atoms with Crippen molar-refractivity contribution in [2.24, 2.45) is 0 Å². The lowest BCUT2D eigenvalue weighted by Gasteiger charge is -2.44. The van der Waals surface area contributed by atoms with Crippen LogP contribution >= 0.6 is 11.6 Å². The highest BCUT2D eigenvalue weighted by atomic mass is 35.5. The van der Waals surface area contributed by atoms with Crippen molar-refractivity contribution >= 4 is 17.3 Å². The summed E-state index contributed by atoms with van der Waals surface area (Å²) in [6.07, 6.45) is -4.87. The molecular weight excluding hydrogens is 514 g/mol. The Kier molecular flexibility index (Phi) is 8.53. The summed E-state index contributed by atoms with van der Waals surface area (Å²) in [5, 5.41) is 20.1. The molecule has 6 nitrogen and oxygen atoms in total. The highest BCUT2D eigenvalue weighted by Crippen LogP contribution is 2.37. The topological polar surface area (TPSA) is 69.1 Å². The van der Waals surface area contributed by atoms with Crippen molar-refractivity contribution in [1.82, 2.24) is 9.88 Å². The first-order chi connectivity index (χ1) is 17.7. The second kappa shape index (κ2) is 11.6. The zero-order valence-electron chi connectivity index (χ0n) is 19.7. The number of hydrogen-bond acceptors (Lipinski definition) is 6. The maximum atomic E-state index is 13.6. The number of piperazine rings is 1. The third-order valence-electron chi connectivity index (χ3n) is 6.19. The molecule has 0 unspecified atom stereocenters. The molecule has 0 aliphatic carbocycles. The van der Waals surface area contributed by atoms with Crippen molar-refractivity contribution in [3.05, 3.63) is 88.5 Å². The molecule has 1 aromatic heterocycles. The Morgan fingerprint density at radius 2 is 1.84 bits per heavy atom. The van der Waals surface area contributed by atoms with Gasteiger partial charge in [-0.05, 0) is 42.0 Å². The van der Waals surface area contributed by atoms with Gasteiger partial charge in [0.1, 0.15) is 24.3 Å². The van der Waals surface area contributed by atoms with E-state index in [1.54, 1.807) is 24.3 Å². The van der Waals surface area contributed by atoms with E-state index in [9.17, 15) is 22.7 Å². The van der Waals surface area contributed by atoms with E-state index in [1.807, 2.05) is 11.0 Å². The van der Waals surface area contributed by atoms with Gasteiger partial charge in [0, 0.05) is 38.4 Å². The number of anilines is 1. The Bertz CT molecular complexity index is 1180. The van der Waals surface area contributed by atoms with Crippen LogP contribution < -0.4 is 9.64 Å². The number of aromatic nitrogens is 1. The predicted molar refractivity (Wildman–Crippen MR) is 131 cm³/mol. The van der Waals surface area contributed by atoms with Crippen molar-refractivity contribution in [2.75, 3.05) is 44.3 Å². The minimum atomic E-state index is -4.50. The van der Waals surface area contributed by atoms with Crippen LogP contribution in [-0.2, 0) is 6.18 Å². The molecule has 1 aliphatic heterocycles. The molecule has 3 aromatic rings. The van der Waals surface area contributed by atoms with E-state index in [1.165, 1.54) is 18.2 Å². The number of aliphatic hydroxyl groups is 2. The Morgan fingerprint density at radius 1 is 1.08 bits per heavy atom. The Labute approximate surface area is 216 Å². The Morgan fingerprint density at radius 3 is 2.46 bits per heavy atom. The molecule has 1 fully saturated rings. The van der Waals surface area contributed by atoms with Crippen molar-refractivity contribution < 1.29 is 32.5 Å². The summed E-state index contributed by atoms with van der Waals surface area (Å²) in [6.45, 7) is 1.68. The van der Waals surface area contributed by atoms with E-state index in [0.717, 1.165) is 17.3 Å². The van der Waals surface area contributed by atoms with E-state index >= 15 is 0 Å². The zero-order valence-corrected chi connectivity index (χ0v) is 20.5. The van der Waals surface area contributed by atoms with Gasteiger partial charge < -0.3 is 19.8 Å². The third-order valence-corrected chi connectivity index (χ3v) is 6.50. The lowest BCUT2D eigenvalue weighted by molar-refractivity contribution is -0.137. The lowest BCUT2D eigenvalue weighted by atomic mass is 10.0. The number of ether oxygens (including phenoxy) is 1. The van der Waals surface area contributed by atoms with Gasteiger partial charge in [-0.1, -0.05) is 23.7 Å². The number of benzene rings is 2. The smallest absolute Gasteiger partial charge is 0.417 e. The van der Waals surface area contributed by atoms with Gasteiger partial charge in [-0.15, -0.1) is 0 Å². The molecule has 2 heterocycles. The number of pyridine rings is 1. The molecule has 11 heteroatoms. The van der Waals surface area contributed by atoms with Gasteiger partial charge in [-0.25, -0.2) is 4.39 Å². The summed E-state index contributed by atoms with van der Waals surface area (Å²) in [5.41, 5.74) is 0.857. The molecule has 2 atom stereocenters. The van der Waals surface area contributed by atoms with Crippen LogP contribution in [0.2, 0.25) is 5.02 Å². The van der Waals surface area contributed by atoms with E-state index < -0.39 is 17.8 Å². The molecular formula is C26H26ClF4N3O3. The van der Waals surface area contributed by atoms with Gasteiger partial charge in [-0.3, -0.25) is 9.88 Å². The molecule has 0 radical (unpaired) electrons. The van der Waals surface area contributed by atoms with Gasteiger partial charge in [0.15, 0.2) is 0 Å². The van der Waals surface area contributed by atoms with Crippen LogP contribution in [0.15, 0.2) is 60.8 Å². The second-order valence-electron chi connectivity index (χ2n) is 8.69. The zero-order chi connectivity index (χ0) is 26.6. The number of β-amino-alcohol motifs (C(OH)–C–C–N with tert-alkyl or cyclic N) is 1. The van der Waals surface area contributed by atoms with Gasteiger partial charge in [-0.2, -0.15) is 13.2 Å². The number of halogens is 5. The predicted octanol–water partition coefficient (Wildman–Crippen LogP) is 4.86. The minimum absolute atomic E-state index is 0.123. The first kappa shape index (κ1) is 27.1. The molecule has 2 aromatic carbocycles. The fourth-order valence-corrected chi connectivity index (χ4v) is 4.62. The van der Waals surface area contributed by atoms with Gasteiger partial charge >= 0.3 is 6.18 Å². The quantitative estimate of drug-likeness (QED) is 0.399. The SMILES string of the molecule is OCCOc1ccc(N2CCN(C[C@@H](O)c3ccc(C(F)(F)F)cn3)C[C@H]2c2ccc(F)cc2)c(Cl)c1. The lowest BCUT2D eigenvalue weighted by Crippen LogP contribution is -2.49. The van der Waals surface area contributed by atoms with Crippen LogP contribution in [0.25, 0.3) is 0 Å². The molecule has 0 saturated carbocycles. The number of hydrogen-bond donors (Lipinski definition) is 2. The highest BCUT2D eigenvalue weighted by Gasteiger charge is 2.33. The standard InChI is InChI=1S/C26H26ClF4N3O3/c27-21-13-20(37-12-11-35)6-8-23(21)34-10-9-33(15-24(34)17-1-4-19(28)5-2-17)16-25(36)22-7-3-18(14-32-22)26(29,30)31/h1-8,13-14,24-25,35-36H,9-12,15-16H2/t24-,25+/m0/s1. The van der Waals surface area contributed by atoms with Crippen molar-refractivity contribution in [3.8, 4) is 5.75 Å². The van der Waals surface area contributed by atoms with Gasteiger partial charge in [0.05, 0.1) is 34.6 Å². The Hall–Kier alpha value is -2.92. The fraction of sp³-hybridized carbons (Fsp3) is 0.346. The van der Waals surface area contributed by atoms with E-state index in [0.29, 0.717) is 36.6 Å². The maximum absolute atomic E-state index is 13.6.